The van der Waals surface area contributed by atoms with Gasteiger partial charge in [0.15, 0.2) is 6.10 Å². The highest BCUT2D eigenvalue weighted by Gasteiger charge is 2.31. The van der Waals surface area contributed by atoms with Crippen LogP contribution in [0.4, 0.5) is 13.2 Å². The molecule has 1 aliphatic rings. The summed E-state index contributed by atoms with van der Waals surface area (Å²) in [6.45, 7) is 6.19. The lowest BCUT2D eigenvalue weighted by atomic mass is 10.00. The van der Waals surface area contributed by atoms with E-state index >= 15 is 0 Å². The molecule has 0 saturated heterocycles. The number of oxime groups is 1. The summed E-state index contributed by atoms with van der Waals surface area (Å²) in [6.07, 6.45) is -4.29. The maximum Gasteiger partial charge on any atom is 0.573 e. The topological polar surface area (TPSA) is 48.6 Å². The summed E-state index contributed by atoms with van der Waals surface area (Å²) >= 11 is 0. The predicted octanol–water partition coefficient (Wildman–Crippen LogP) is 3.90. The van der Waals surface area contributed by atoms with E-state index < -0.39 is 6.36 Å². The molecule has 8 heteroatoms. The zero-order valence-corrected chi connectivity index (χ0v) is 14.1. The third kappa shape index (κ3) is 4.12. The highest BCUT2D eigenvalue weighted by molar-refractivity contribution is 6.02. The van der Waals surface area contributed by atoms with E-state index in [4.69, 9.17) is 4.84 Å². The Morgan fingerprint density at radius 1 is 1.24 bits per heavy atom. The highest BCUT2D eigenvalue weighted by Crippen LogP contribution is 2.27. The molecule has 1 aliphatic heterocycles. The number of nitrogens with zero attached hydrogens (tertiary/aromatic N) is 3. The van der Waals surface area contributed by atoms with Gasteiger partial charge in [-0.15, -0.1) is 13.2 Å². The second-order valence-electron chi connectivity index (χ2n) is 6.10. The van der Waals surface area contributed by atoms with Crippen LogP contribution in [-0.4, -0.2) is 28.0 Å². The molecule has 1 aromatic heterocycles. The quantitative estimate of drug-likeness (QED) is 0.838. The minimum Gasteiger partial charge on any atom is -0.406 e. The Morgan fingerprint density at radius 2 is 2.00 bits per heavy atom. The highest BCUT2D eigenvalue weighted by atomic mass is 19.4. The molecule has 0 unspecified atom stereocenters. The fourth-order valence-electron chi connectivity index (χ4n) is 2.90. The van der Waals surface area contributed by atoms with Crippen LogP contribution in [-0.2, 0) is 11.4 Å². The van der Waals surface area contributed by atoms with Crippen molar-refractivity contribution in [3.05, 3.63) is 46.8 Å². The average molecular weight is 353 g/mol. The predicted molar refractivity (Wildman–Crippen MR) is 85.6 cm³/mol. The molecule has 0 bridgehead atoms. The summed E-state index contributed by atoms with van der Waals surface area (Å²) < 4.78 is 42.7. The van der Waals surface area contributed by atoms with Crippen LogP contribution in [0.3, 0.4) is 0 Å². The molecule has 1 atom stereocenters. The van der Waals surface area contributed by atoms with E-state index in [1.807, 2.05) is 24.6 Å². The molecule has 134 valence electrons. The van der Waals surface area contributed by atoms with Crippen molar-refractivity contribution in [1.29, 1.82) is 0 Å². The van der Waals surface area contributed by atoms with Gasteiger partial charge in [0.2, 0.25) is 0 Å². The third-order valence-corrected chi connectivity index (χ3v) is 3.96. The summed E-state index contributed by atoms with van der Waals surface area (Å²) in [5.41, 5.74) is 4.09. The molecular weight excluding hydrogens is 335 g/mol. The van der Waals surface area contributed by atoms with Crippen LogP contribution in [0.1, 0.15) is 28.9 Å². The van der Waals surface area contributed by atoms with Gasteiger partial charge in [-0.1, -0.05) is 5.16 Å². The van der Waals surface area contributed by atoms with Crippen molar-refractivity contribution < 1.29 is 22.7 Å². The molecule has 5 nitrogen and oxygen atoms in total. The van der Waals surface area contributed by atoms with Crippen LogP contribution >= 0.6 is 0 Å². The number of aryl methyl sites for hydroxylation is 3. The van der Waals surface area contributed by atoms with Crippen LogP contribution in [0.15, 0.2) is 29.4 Å². The normalized spacial score (nSPS) is 17.4. The van der Waals surface area contributed by atoms with Crippen molar-refractivity contribution >= 4 is 5.71 Å². The molecule has 0 N–H and O–H groups in total. The average Bonchev–Trinajstić information content (AvgIpc) is 3.05. The van der Waals surface area contributed by atoms with Gasteiger partial charge in [-0.3, -0.25) is 4.68 Å². The van der Waals surface area contributed by atoms with Crippen LogP contribution in [0.25, 0.3) is 0 Å². The minimum absolute atomic E-state index is 0.154. The zero-order chi connectivity index (χ0) is 18.2. The van der Waals surface area contributed by atoms with Crippen LogP contribution in [0.2, 0.25) is 0 Å². The van der Waals surface area contributed by atoms with Crippen LogP contribution in [0, 0.1) is 20.8 Å². The molecule has 0 saturated carbocycles. The lowest BCUT2D eigenvalue weighted by Gasteiger charge is -2.12. The molecule has 25 heavy (non-hydrogen) atoms. The van der Waals surface area contributed by atoms with Gasteiger partial charge < -0.3 is 9.57 Å². The maximum absolute atomic E-state index is 12.3. The first kappa shape index (κ1) is 17.3. The minimum atomic E-state index is -4.70. The van der Waals surface area contributed by atoms with Crippen molar-refractivity contribution in [2.24, 2.45) is 5.16 Å². The van der Waals surface area contributed by atoms with E-state index in [1.54, 1.807) is 13.0 Å². The summed E-state index contributed by atoms with van der Waals surface area (Å²) in [7, 11) is 0. The number of hydrogen-bond acceptors (Lipinski definition) is 4. The molecule has 1 aromatic carbocycles. The SMILES string of the molecule is Cc1cc(C)n(C[C@H]2CC(c3ccc(OC(F)(F)F)cc3C)=NO2)n1. The smallest absolute Gasteiger partial charge is 0.406 e. The van der Waals surface area contributed by atoms with Crippen LogP contribution in [0.5, 0.6) is 5.75 Å². The van der Waals surface area contributed by atoms with E-state index in [1.165, 1.54) is 12.1 Å². The van der Waals surface area contributed by atoms with E-state index in [-0.39, 0.29) is 11.9 Å². The van der Waals surface area contributed by atoms with Crippen molar-refractivity contribution in [1.82, 2.24) is 9.78 Å². The number of aromatic nitrogens is 2. The molecule has 0 radical (unpaired) electrons. The van der Waals surface area contributed by atoms with Crippen molar-refractivity contribution in [3.8, 4) is 5.75 Å². The van der Waals surface area contributed by atoms with Crippen molar-refractivity contribution in [2.45, 2.75) is 46.2 Å². The number of hydrogen-bond donors (Lipinski definition) is 0. The Kier molecular flexibility index (Phi) is 4.45. The number of rotatable bonds is 4. The molecule has 0 amide bonds. The Hall–Kier alpha value is -2.51. The third-order valence-electron chi connectivity index (χ3n) is 3.96. The maximum atomic E-state index is 12.3. The first-order chi connectivity index (χ1) is 11.7. The molecule has 0 fully saturated rings. The largest absolute Gasteiger partial charge is 0.573 e. The van der Waals surface area contributed by atoms with E-state index in [2.05, 4.69) is 15.0 Å². The first-order valence-corrected chi connectivity index (χ1v) is 7.82. The fraction of sp³-hybridized carbons (Fsp3) is 0.412. The Balaban J connectivity index is 1.68. The molecule has 0 aliphatic carbocycles. The summed E-state index contributed by atoms with van der Waals surface area (Å²) in [5.74, 6) is -0.243. The van der Waals surface area contributed by atoms with Crippen LogP contribution < -0.4 is 4.74 Å². The van der Waals surface area contributed by atoms with Crippen molar-refractivity contribution in [3.63, 3.8) is 0 Å². The second kappa shape index (κ2) is 6.42. The molecular formula is C17H18F3N3O2. The molecule has 2 heterocycles. The van der Waals surface area contributed by atoms with E-state index in [0.717, 1.165) is 17.0 Å². The Morgan fingerprint density at radius 3 is 2.60 bits per heavy atom. The summed E-state index contributed by atoms with van der Waals surface area (Å²) in [5, 5.41) is 8.49. The van der Waals surface area contributed by atoms with Gasteiger partial charge in [-0.05, 0) is 50.6 Å². The molecule has 3 rings (SSSR count). The van der Waals surface area contributed by atoms with Gasteiger partial charge in [0, 0.05) is 17.7 Å². The molecule has 2 aromatic rings. The fourth-order valence-corrected chi connectivity index (χ4v) is 2.90. The monoisotopic (exact) mass is 353 g/mol. The van der Waals surface area contributed by atoms with Gasteiger partial charge in [0.05, 0.1) is 18.0 Å². The lowest BCUT2D eigenvalue weighted by molar-refractivity contribution is -0.274. The standard InChI is InChI=1S/C17H18F3N3O2/c1-10-6-13(24-17(18,19)20)4-5-15(10)16-8-14(25-22-16)9-23-12(3)7-11(2)21-23/h4-7,14H,8-9H2,1-3H3/t14-/m1/s1. The van der Waals surface area contributed by atoms with E-state index in [0.29, 0.717) is 24.2 Å². The number of benzene rings is 1. The second-order valence-corrected chi connectivity index (χ2v) is 6.10. The summed E-state index contributed by atoms with van der Waals surface area (Å²) in [6, 6.07) is 6.19. The Labute approximate surface area is 143 Å². The number of halogens is 3. The first-order valence-electron chi connectivity index (χ1n) is 7.82. The number of ether oxygens (including phenoxy) is 1. The van der Waals surface area contributed by atoms with E-state index in [9.17, 15) is 13.2 Å². The Bertz CT molecular complexity index is 812. The van der Waals surface area contributed by atoms with Gasteiger partial charge >= 0.3 is 6.36 Å². The van der Waals surface area contributed by atoms with Gasteiger partial charge in [0.1, 0.15) is 5.75 Å². The molecule has 0 spiro atoms. The van der Waals surface area contributed by atoms with Gasteiger partial charge in [-0.25, -0.2) is 0 Å². The lowest BCUT2D eigenvalue weighted by Crippen LogP contribution is -2.19. The number of alkyl halides is 3. The zero-order valence-electron chi connectivity index (χ0n) is 14.1. The van der Waals surface area contributed by atoms with Gasteiger partial charge in [0.25, 0.3) is 0 Å². The summed E-state index contributed by atoms with van der Waals surface area (Å²) in [4.78, 5) is 5.47. The van der Waals surface area contributed by atoms with Gasteiger partial charge in [-0.2, -0.15) is 5.10 Å². The van der Waals surface area contributed by atoms with Crippen molar-refractivity contribution in [2.75, 3.05) is 0 Å².